The number of hydrogen-bond acceptors (Lipinski definition) is 2. The quantitative estimate of drug-likeness (QED) is 0.712. The number of halogens is 2. The Morgan fingerprint density at radius 3 is 2.67 bits per heavy atom. The molecule has 2 nitrogen and oxygen atoms in total. The molecular weight excluding hydrogens is 181 g/mol. The van der Waals surface area contributed by atoms with Crippen LogP contribution in [-0.2, 0) is 0 Å². The van der Waals surface area contributed by atoms with Crippen LogP contribution in [0.5, 0.6) is 5.75 Å². The van der Waals surface area contributed by atoms with Crippen LogP contribution in [0.1, 0.15) is 18.5 Å². The van der Waals surface area contributed by atoms with E-state index >= 15 is 0 Å². The predicted octanol–water partition coefficient (Wildman–Crippen LogP) is 2.20. The lowest BCUT2D eigenvalue weighted by Crippen LogP contribution is -2.05. The molecule has 1 aromatic carbocycles. The zero-order valence-corrected chi connectivity index (χ0v) is 7.27. The van der Waals surface area contributed by atoms with Crippen LogP contribution < -0.4 is 5.73 Å². The Morgan fingerprint density at radius 2 is 2.17 bits per heavy atom. The monoisotopic (exact) mass is 189 g/mol. The molecule has 1 aromatic rings. The fraction of sp³-hybridized carbons (Fsp3) is 0.250. The van der Waals surface area contributed by atoms with Gasteiger partial charge in [-0.15, -0.1) is 0 Å². The van der Waals surface area contributed by atoms with Crippen molar-refractivity contribution in [1.29, 1.82) is 0 Å². The van der Waals surface area contributed by atoms with E-state index < -0.39 is 11.9 Å². The summed E-state index contributed by atoms with van der Waals surface area (Å²) in [5, 5.41) is 9.30. The second-order valence-electron chi connectivity index (χ2n) is 2.61. The molecule has 0 aromatic heterocycles. The van der Waals surface area contributed by atoms with Gasteiger partial charge in [0.1, 0.15) is 11.6 Å². The van der Waals surface area contributed by atoms with Crippen molar-refractivity contribution < 1.29 is 9.50 Å². The number of phenols is 1. The van der Waals surface area contributed by atoms with Gasteiger partial charge >= 0.3 is 0 Å². The van der Waals surface area contributed by atoms with E-state index in [0.717, 1.165) is 6.07 Å². The van der Waals surface area contributed by atoms with Crippen LogP contribution in [0.25, 0.3) is 0 Å². The molecular formula is C8H9ClFNO. The minimum atomic E-state index is -0.495. The minimum Gasteiger partial charge on any atom is -0.506 e. The van der Waals surface area contributed by atoms with Crippen LogP contribution in [-0.4, -0.2) is 5.11 Å². The standard InChI is InChI=1S/C8H9ClFNO/c1-4(11)6-2-5(10)3-7(9)8(6)12/h2-4,12H,11H2,1H3/t4-/m0/s1. The van der Waals surface area contributed by atoms with E-state index in [1.807, 2.05) is 0 Å². The normalized spacial score (nSPS) is 13.0. The highest BCUT2D eigenvalue weighted by molar-refractivity contribution is 6.32. The Morgan fingerprint density at radius 1 is 1.58 bits per heavy atom. The van der Waals surface area contributed by atoms with Gasteiger partial charge in [0, 0.05) is 11.6 Å². The molecule has 0 aliphatic rings. The van der Waals surface area contributed by atoms with Crippen LogP contribution in [0.4, 0.5) is 4.39 Å². The molecule has 0 fully saturated rings. The first-order chi connectivity index (χ1) is 5.52. The highest BCUT2D eigenvalue weighted by atomic mass is 35.5. The Labute approximate surface area is 74.8 Å². The van der Waals surface area contributed by atoms with Gasteiger partial charge in [0.15, 0.2) is 0 Å². The lowest BCUT2D eigenvalue weighted by atomic mass is 10.1. The maximum atomic E-state index is 12.7. The van der Waals surface area contributed by atoms with Gasteiger partial charge in [-0.05, 0) is 19.1 Å². The molecule has 0 saturated heterocycles. The summed E-state index contributed by atoms with van der Waals surface area (Å²) in [6, 6.07) is 1.78. The molecule has 1 rings (SSSR count). The van der Waals surface area contributed by atoms with E-state index in [2.05, 4.69) is 0 Å². The number of nitrogens with two attached hydrogens (primary N) is 1. The topological polar surface area (TPSA) is 46.2 Å². The van der Waals surface area contributed by atoms with Gasteiger partial charge in [-0.1, -0.05) is 11.6 Å². The van der Waals surface area contributed by atoms with Crippen molar-refractivity contribution in [2.24, 2.45) is 5.73 Å². The van der Waals surface area contributed by atoms with Crippen molar-refractivity contribution in [3.63, 3.8) is 0 Å². The Bertz CT molecular complexity index is 301. The molecule has 0 spiro atoms. The SMILES string of the molecule is C[C@H](N)c1cc(F)cc(Cl)c1O. The predicted molar refractivity (Wildman–Crippen MR) is 45.7 cm³/mol. The van der Waals surface area contributed by atoms with Crippen molar-refractivity contribution in [2.45, 2.75) is 13.0 Å². The average Bonchev–Trinajstić information content (AvgIpc) is 1.96. The van der Waals surface area contributed by atoms with Gasteiger partial charge in [-0.2, -0.15) is 0 Å². The molecule has 3 N–H and O–H groups in total. The van der Waals surface area contributed by atoms with Crippen molar-refractivity contribution >= 4 is 11.6 Å². The van der Waals surface area contributed by atoms with Gasteiger partial charge in [0.2, 0.25) is 0 Å². The Balaban J connectivity index is 3.28. The smallest absolute Gasteiger partial charge is 0.139 e. The molecule has 0 aliphatic carbocycles. The van der Waals surface area contributed by atoms with E-state index in [0.29, 0.717) is 5.56 Å². The fourth-order valence-corrected chi connectivity index (χ4v) is 1.15. The number of aromatic hydroxyl groups is 1. The zero-order valence-electron chi connectivity index (χ0n) is 6.51. The third-order valence-electron chi connectivity index (χ3n) is 1.55. The number of rotatable bonds is 1. The van der Waals surface area contributed by atoms with Crippen LogP contribution in [0.15, 0.2) is 12.1 Å². The van der Waals surface area contributed by atoms with Gasteiger partial charge < -0.3 is 10.8 Å². The summed E-state index contributed by atoms with van der Waals surface area (Å²) in [4.78, 5) is 0. The lowest BCUT2D eigenvalue weighted by Gasteiger charge is -2.09. The summed E-state index contributed by atoms with van der Waals surface area (Å²) >= 11 is 5.52. The van der Waals surface area contributed by atoms with Crippen molar-refractivity contribution in [3.8, 4) is 5.75 Å². The number of phenolic OH excluding ortho intramolecular Hbond substituents is 1. The molecule has 0 unspecified atom stereocenters. The second-order valence-corrected chi connectivity index (χ2v) is 3.02. The Hall–Kier alpha value is -0.800. The maximum absolute atomic E-state index is 12.7. The minimum absolute atomic E-state index is 0.0118. The molecule has 4 heteroatoms. The van der Waals surface area contributed by atoms with Gasteiger partial charge in [0.25, 0.3) is 0 Å². The van der Waals surface area contributed by atoms with Gasteiger partial charge in [-0.25, -0.2) is 4.39 Å². The van der Waals surface area contributed by atoms with Crippen LogP contribution >= 0.6 is 11.6 Å². The molecule has 1 atom stereocenters. The molecule has 0 heterocycles. The molecule has 12 heavy (non-hydrogen) atoms. The summed E-state index contributed by atoms with van der Waals surface area (Å²) in [7, 11) is 0. The van der Waals surface area contributed by atoms with Crippen molar-refractivity contribution in [2.75, 3.05) is 0 Å². The molecule has 0 radical (unpaired) electrons. The Kier molecular flexibility index (Phi) is 2.55. The number of benzene rings is 1. The van der Waals surface area contributed by atoms with E-state index in [4.69, 9.17) is 17.3 Å². The molecule has 0 saturated carbocycles. The summed E-state index contributed by atoms with van der Waals surface area (Å²) < 4.78 is 12.7. The second kappa shape index (κ2) is 3.29. The fourth-order valence-electron chi connectivity index (χ4n) is 0.933. The maximum Gasteiger partial charge on any atom is 0.139 e. The lowest BCUT2D eigenvalue weighted by molar-refractivity contribution is 0.461. The summed E-state index contributed by atoms with van der Waals surface area (Å²) in [5.74, 6) is -0.641. The first-order valence-corrected chi connectivity index (χ1v) is 3.83. The van der Waals surface area contributed by atoms with Crippen LogP contribution in [0.3, 0.4) is 0 Å². The van der Waals surface area contributed by atoms with Gasteiger partial charge in [-0.3, -0.25) is 0 Å². The van der Waals surface area contributed by atoms with Crippen molar-refractivity contribution in [1.82, 2.24) is 0 Å². The molecule has 0 aliphatic heterocycles. The molecule has 66 valence electrons. The van der Waals surface area contributed by atoms with E-state index in [9.17, 15) is 9.50 Å². The van der Waals surface area contributed by atoms with Crippen molar-refractivity contribution in [3.05, 3.63) is 28.5 Å². The van der Waals surface area contributed by atoms with Crippen LogP contribution in [0.2, 0.25) is 5.02 Å². The zero-order chi connectivity index (χ0) is 9.30. The van der Waals surface area contributed by atoms with Gasteiger partial charge in [0.05, 0.1) is 5.02 Å². The van der Waals surface area contributed by atoms with E-state index in [1.54, 1.807) is 6.92 Å². The summed E-state index contributed by atoms with van der Waals surface area (Å²) in [6.45, 7) is 1.64. The summed E-state index contributed by atoms with van der Waals surface area (Å²) in [6.07, 6.45) is 0. The van der Waals surface area contributed by atoms with Crippen LogP contribution in [0, 0.1) is 5.82 Å². The average molecular weight is 190 g/mol. The number of hydrogen-bond donors (Lipinski definition) is 2. The van der Waals surface area contributed by atoms with E-state index in [-0.39, 0.29) is 10.8 Å². The molecule has 0 bridgehead atoms. The first kappa shape index (κ1) is 9.29. The third-order valence-corrected chi connectivity index (χ3v) is 1.84. The summed E-state index contributed by atoms with van der Waals surface area (Å²) in [5.41, 5.74) is 5.79. The largest absolute Gasteiger partial charge is 0.506 e. The highest BCUT2D eigenvalue weighted by Gasteiger charge is 2.11. The first-order valence-electron chi connectivity index (χ1n) is 3.46. The van der Waals surface area contributed by atoms with E-state index in [1.165, 1.54) is 6.07 Å². The molecule has 0 amide bonds. The highest BCUT2D eigenvalue weighted by Crippen LogP contribution is 2.31. The third kappa shape index (κ3) is 1.68.